The molecule has 146 valence electrons. The first-order chi connectivity index (χ1) is 14.3. The lowest BCUT2D eigenvalue weighted by molar-refractivity contribution is -0.137. The monoisotopic (exact) mass is 403 g/mol. The van der Waals surface area contributed by atoms with Gasteiger partial charge in [-0.15, -0.1) is 0 Å². The molecule has 0 amide bonds. The molecule has 0 aliphatic carbocycles. The smallest absolute Gasteiger partial charge is 0.383 e. The van der Waals surface area contributed by atoms with Crippen LogP contribution >= 0.6 is 0 Å². The average molecular weight is 403 g/mol. The molecule has 0 saturated carbocycles. The number of rotatable bonds is 3. The van der Waals surface area contributed by atoms with Crippen molar-refractivity contribution in [2.24, 2.45) is 0 Å². The lowest BCUT2D eigenvalue weighted by Crippen LogP contribution is -2.06. The Bertz CT molecular complexity index is 1220. The number of nitriles is 3. The van der Waals surface area contributed by atoms with Crippen molar-refractivity contribution in [1.29, 1.82) is 15.8 Å². The van der Waals surface area contributed by atoms with E-state index in [4.69, 9.17) is 11.0 Å². The predicted molar refractivity (Wildman–Crippen MR) is 103 cm³/mol. The number of aromatic nitrogens is 1. The van der Waals surface area contributed by atoms with Crippen LogP contribution in [0.15, 0.2) is 48.5 Å². The molecule has 0 saturated heterocycles. The standard InChI is InChI=1S/C22H12F3N5/c23-22(24,25)16-7-5-14(6-8-16)19-17(11-27)20(30-21(29)18(19)12-28)15-3-1-13(2-4-15)9-10-26/h1-8H,9H2,(H2,29,30). The van der Waals surface area contributed by atoms with Gasteiger partial charge in [-0.1, -0.05) is 36.4 Å². The Hall–Kier alpha value is -4.35. The second-order valence-electron chi connectivity index (χ2n) is 6.30. The van der Waals surface area contributed by atoms with Crippen LogP contribution in [0.4, 0.5) is 19.0 Å². The second-order valence-corrected chi connectivity index (χ2v) is 6.30. The van der Waals surface area contributed by atoms with E-state index in [9.17, 15) is 23.7 Å². The zero-order valence-electron chi connectivity index (χ0n) is 15.3. The Morgan fingerprint density at radius 3 is 1.90 bits per heavy atom. The van der Waals surface area contributed by atoms with Gasteiger partial charge in [0, 0.05) is 11.1 Å². The normalized spacial score (nSPS) is 10.7. The largest absolute Gasteiger partial charge is 0.416 e. The summed E-state index contributed by atoms with van der Waals surface area (Å²) in [5, 5.41) is 28.1. The Morgan fingerprint density at radius 2 is 1.40 bits per heavy atom. The topological polar surface area (TPSA) is 110 Å². The number of pyridine rings is 1. The van der Waals surface area contributed by atoms with Crippen LogP contribution in [0.2, 0.25) is 0 Å². The number of hydrogen-bond acceptors (Lipinski definition) is 5. The van der Waals surface area contributed by atoms with E-state index < -0.39 is 11.7 Å². The molecule has 0 bridgehead atoms. The maximum absolute atomic E-state index is 12.9. The van der Waals surface area contributed by atoms with Crippen LogP contribution in [-0.2, 0) is 12.6 Å². The van der Waals surface area contributed by atoms with Gasteiger partial charge in [0.2, 0.25) is 0 Å². The minimum absolute atomic E-state index is 0.0218. The summed E-state index contributed by atoms with van der Waals surface area (Å²) in [7, 11) is 0. The molecule has 0 unspecified atom stereocenters. The summed E-state index contributed by atoms with van der Waals surface area (Å²) in [6.45, 7) is 0. The summed E-state index contributed by atoms with van der Waals surface area (Å²) in [5.41, 5.74) is 6.89. The Balaban J connectivity index is 2.24. The van der Waals surface area contributed by atoms with Gasteiger partial charge in [0.15, 0.2) is 0 Å². The summed E-state index contributed by atoms with van der Waals surface area (Å²) in [6, 6.07) is 16.8. The van der Waals surface area contributed by atoms with Crippen molar-refractivity contribution in [1.82, 2.24) is 4.98 Å². The maximum Gasteiger partial charge on any atom is 0.416 e. The van der Waals surface area contributed by atoms with E-state index in [-0.39, 0.29) is 40.2 Å². The van der Waals surface area contributed by atoms with Gasteiger partial charge in [0.1, 0.15) is 23.5 Å². The fraction of sp³-hybridized carbons (Fsp3) is 0.0909. The summed E-state index contributed by atoms with van der Waals surface area (Å²) in [6.07, 6.45) is -4.30. The van der Waals surface area contributed by atoms with Gasteiger partial charge in [-0.05, 0) is 23.3 Å². The molecule has 0 radical (unpaired) electrons. The van der Waals surface area contributed by atoms with Crippen LogP contribution in [-0.4, -0.2) is 4.98 Å². The molecular formula is C22H12F3N5. The van der Waals surface area contributed by atoms with Crippen LogP contribution in [0, 0.1) is 34.0 Å². The molecule has 8 heteroatoms. The first-order valence-corrected chi connectivity index (χ1v) is 8.57. The van der Waals surface area contributed by atoms with E-state index in [1.807, 2.05) is 18.2 Å². The fourth-order valence-corrected chi connectivity index (χ4v) is 3.02. The molecular weight excluding hydrogens is 391 g/mol. The maximum atomic E-state index is 12.9. The third-order valence-electron chi connectivity index (χ3n) is 4.46. The number of nitrogens with two attached hydrogens (primary N) is 1. The Morgan fingerprint density at radius 1 is 0.833 bits per heavy atom. The lowest BCUT2D eigenvalue weighted by atomic mass is 9.92. The van der Waals surface area contributed by atoms with Gasteiger partial charge in [-0.25, -0.2) is 4.98 Å². The second kappa shape index (κ2) is 7.95. The van der Waals surface area contributed by atoms with E-state index in [0.717, 1.165) is 17.7 Å². The minimum Gasteiger partial charge on any atom is -0.383 e. The molecule has 1 aromatic heterocycles. The summed E-state index contributed by atoms with van der Waals surface area (Å²) >= 11 is 0. The number of anilines is 1. The van der Waals surface area contributed by atoms with E-state index in [1.54, 1.807) is 24.3 Å². The molecule has 2 N–H and O–H groups in total. The number of benzene rings is 2. The van der Waals surface area contributed by atoms with Crippen LogP contribution in [0.5, 0.6) is 0 Å². The molecule has 30 heavy (non-hydrogen) atoms. The molecule has 3 aromatic rings. The van der Waals surface area contributed by atoms with Gasteiger partial charge >= 0.3 is 6.18 Å². The van der Waals surface area contributed by atoms with Crippen LogP contribution in [0.25, 0.3) is 22.4 Å². The third-order valence-corrected chi connectivity index (χ3v) is 4.46. The van der Waals surface area contributed by atoms with Crippen molar-refractivity contribution in [3.8, 4) is 40.6 Å². The van der Waals surface area contributed by atoms with Crippen molar-refractivity contribution in [2.75, 3.05) is 5.73 Å². The van der Waals surface area contributed by atoms with E-state index in [1.165, 1.54) is 12.1 Å². The van der Waals surface area contributed by atoms with Gasteiger partial charge in [-0.2, -0.15) is 29.0 Å². The highest BCUT2D eigenvalue weighted by molar-refractivity contribution is 5.87. The van der Waals surface area contributed by atoms with E-state index >= 15 is 0 Å². The molecule has 1 heterocycles. The molecule has 5 nitrogen and oxygen atoms in total. The quantitative estimate of drug-likeness (QED) is 0.674. The third kappa shape index (κ3) is 3.78. The number of hydrogen-bond donors (Lipinski definition) is 1. The van der Waals surface area contributed by atoms with Gasteiger partial charge in [0.25, 0.3) is 0 Å². The molecule has 0 aliphatic rings. The molecule has 0 aliphatic heterocycles. The molecule has 2 aromatic carbocycles. The lowest BCUT2D eigenvalue weighted by Gasteiger charge is -2.14. The van der Waals surface area contributed by atoms with E-state index in [0.29, 0.717) is 5.56 Å². The summed E-state index contributed by atoms with van der Waals surface area (Å²) in [4.78, 5) is 4.19. The number of alkyl halides is 3. The number of nitrogens with zero attached hydrogens (tertiary/aromatic N) is 4. The fourth-order valence-electron chi connectivity index (χ4n) is 3.02. The first-order valence-electron chi connectivity index (χ1n) is 8.57. The average Bonchev–Trinajstić information content (AvgIpc) is 2.73. The first kappa shape index (κ1) is 20.4. The summed E-state index contributed by atoms with van der Waals surface area (Å²) < 4.78 is 38.7. The van der Waals surface area contributed by atoms with Crippen LogP contribution in [0.3, 0.4) is 0 Å². The number of halogens is 3. The highest BCUT2D eigenvalue weighted by Gasteiger charge is 2.30. The van der Waals surface area contributed by atoms with Crippen LogP contribution < -0.4 is 5.73 Å². The van der Waals surface area contributed by atoms with E-state index in [2.05, 4.69) is 4.98 Å². The van der Waals surface area contributed by atoms with Crippen molar-refractivity contribution >= 4 is 5.82 Å². The zero-order chi connectivity index (χ0) is 21.9. The molecule has 0 spiro atoms. The number of nitrogen functional groups attached to an aromatic ring is 1. The van der Waals surface area contributed by atoms with Gasteiger partial charge < -0.3 is 5.73 Å². The molecule has 0 fully saturated rings. The SMILES string of the molecule is N#CCc1ccc(-c2nc(N)c(C#N)c(-c3ccc(C(F)(F)F)cc3)c2C#N)cc1. The van der Waals surface area contributed by atoms with Crippen molar-refractivity contribution < 1.29 is 13.2 Å². The highest BCUT2D eigenvalue weighted by atomic mass is 19.4. The van der Waals surface area contributed by atoms with Crippen molar-refractivity contribution in [3.63, 3.8) is 0 Å². The highest BCUT2D eigenvalue weighted by Crippen LogP contribution is 2.37. The predicted octanol–water partition coefficient (Wildman–Crippen LogP) is 4.83. The van der Waals surface area contributed by atoms with Crippen molar-refractivity contribution in [3.05, 3.63) is 70.8 Å². The zero-order valence-corrected chi connectivity index (χ0v) is 15.3. The Kier molecular flexibility index (Phi) is 5.40. The Labute approximate surface area is 170 Å². The summed E-state index contributed by atoms with van der Waals surface area (Å²) in [5.74, 6) is -0.137. The van der Waals surface area contributed by atoms with Gasteiger partial charge in [-0.3, -0.25) is 0 Å². The molecule has 3 rings (SSSR count). The minimum atomic E-state index is -4.51. The molecule has 0 atom stereocenters. The van der Waals surface area contributed by atoms with Gasteiger partial charge in [0.05, 0.1) is 29.3 Å². The van der Waals surface area contributed by atoms with Crippen molar-refractivity contribution in [2.45, 2.75) is 12.6 Å². The van der Waals surface area contributed by atoms with Crippen LogP contribution in [0.1, 0.15) is 22.3 Å².